The Morgan fingerprint density at radius 2 is 1.88 bits per heavy atom. The van der Waals surface area contributed by atoms with E-state index in [0.29, 0.717) is 23.2 Å². The highest BCUT2D eigenvalue weighted by Gasteiger charge is 2.41. The highest BCUT2D eigenvalue weighted by atomic mass is 19.1. The van der Waals surface area contributed by atoms with E-state index in [1.54, 1.807) is 12.1 Å². The number of amides is 1. The first kappa shape index (κ1) is 16.4. The summed E-state index contributed by atoms with van der Waals surface area (Å²) < 4.78 is 13.3. The van der Waals surface area contributed by atoms with Crippen LogP contribution in [0.25, 0.3) is 0 Å². The van der Waals surface area contributed by atoms with Crippen LogP contribution in [0.4, 0.5) is 10.1 Å². The van der Waals surface area contributed by atoms with Crippen molar-refractivity contribution in [2.45, 2.75) is 34.1 Å². The van der Waals surface area contributed by atoms with Crippen molar-refractivity contribution in [2.75, 3.05) is 5.32 Å². The lowest BCUT2D eigenvalue weighted by Gasteiger charge is -2.15. The van der Waals surface area contributed by atoms with Crippen molar-refractivity contribution in [3.8, 4) is 0 Å². The molecule has 0 heterocycles. The molecule has 0 radical (unpaired) electrons. The molecule has 0 unspecified atom stereocenters. The third-order valence-corrected chi connectivity index (χ3v) is 4.60. The van der Waals surface area contributed by atoms with Gasteiger partial charge < -0.3 is 5.32 Å². The molecule has 1 aliphatic carbocycles. The van der Waals surface area contributed by atoms with Gasteiger partial charge >= 0.3 is 0 Å². The fourth-order valence-electron chi connectivity index (χ4n) is 3.50. The Bertz CT molecular complexity index is 868. The van der Waals surface area contributed by atoms with Gasteiger partial charge in [-0.3, -0.25) is 9.59 Å². The van der Waals surface area contributed by atoms with Crippen LogP contribution in [0.3, 0.4) is 0 Å². The Morgan fingerprint density at radius 1 is 1.17 bits per heavy atom. The number of fused-ring (bicyclic) bond motifs is 1. The summed E-state index contributed by atoms with van der Waals surface area (Å²) in [5, 5.41) is 2.74. The van der Waals surface area contributed by atoms with E-state index in [2.05, 4.69) is 5.32 Å². The van der Waals surface area contributed by atoms with E-state index < -0.39 is 11.2 Å². The molecule has 0 aliphatic heterocycles. The maximum Gasteiger partial charge on any atom is 0.256 e. The van der Waals surface area contributed by atoms with Gasteiger partial charge in [0.1, 0.15) is 5.82 Å². The first-order valence-corrected chi connectivity index (χ1v) is 7.95. The number of nitrogens with one attached hydrogen (secondary N) is 1. The number of carbonyl (C=O) groups is 2. The average molecular weight is 325 g/mol. The summed E-state index contributed by atoms with van der Waals surface area (Å²) in [6.45, 7) is 7.57. The van der Waals surface area contributed by atoms with Gasteiger partial charge in [0.2, 0.25) is 0 Å². The first-order valence-electron chi connectivity index (χ1n) is 7.95. The van der Waals surface area contributed by atoms with Crippen LogP contribution in [-0.2, 0) is 6.42 Å². The average Bonchev–Trinajstić information content (AvgIpc) is 2.69. The van der Waals surface area contributed by atoms with E-state index in [9.17, 15) is 14.0 Å². The number of Topliss-reactive ketones (excluding diaryl/α,β-unsaturated/α-hetero) is 1. The monoisotopic (exact) mass is 325 g/mol. The highest BCUT2D eigenvalue weighted by molar-refractivity contribution is 6.12. The van der Waals surface area contributed by atoms with Gasteiger partial charge in [-0.05, 0) is 55.2 Å². The molecule has 3 nitrogen and oxygen atoms in total. The van der Waals surface area contributed by atoms with Crippen molar-refractivity contribution in [3.63, 3.8) is 0 Å². The largest absolute Gasteiger partial charge is 0.322 e. The van der Waals surface area contributed by atoms with Crippen LogP contribution in [0.1, 0.15) is 51.3 Å². The van der Waals surface area contributed by atoms with Crippen LogP contribution >= 0.6 is 0 Å². The number of hydrogen-bond acceptors (Lipinski definition) is 2. The summed E-state index contributed by atoms with van der Waals surface area (Å²) in [6, 6.07) is 7.66. The Morgan fingerprint density at radius 3 is 2.54 bits per heavy atom. The molecule has 0 spiro atoms. The molecular weight excluding hydrogens is 305 g/mol. The lowest BCUT2D eigenvalue weighted by Crippen LogP contribution is -2.19. The molecule has 4 heteroatoms. The Kier molecular flexibility index (Phi) is 3.78. The van der Waals surface area contributed by atoms with Gasteiger partial charge in [-0.15, -0.1) is 0 Å². The molecule has 0 saturated carbocycles. The standard InChI is InChI=1S/C20H20FNO2/c1-11-8-12(2)17(15-10-20(3,4)18(23)16(11)15)19(24)22-14-7-5-6-13(21)9-14/h5-9H,10H2,1-4H3,(H,22,24). The number of halogens is 1. The predicted octanol–water partition coefficient (Wildman–Crippen LogP) is 4.46. The van der Waals surface area contributed by atoms with Crippen molar-refractivity contribution in [1.29, 1.82) is 0 Å². The minimum atomic E-state index is -0.505. The second-order valence-electron chi connectivity index (χ2n) is 7.09. The third-order valence-electron chi connectivity index (χ3n) is 4.60. The quantitative estimate of drug-likeness (QED) is 0.886. The molecule has 2 aromatic carbocycles. The van der Waals surface area contributed by atoms with E-state index in [1.165, 1.54) is 12.1 Å². The minimum absolute atomic E-state index is 0.0785. The van der Waals surface area contributed by atoms with Gasteiger partial charge in [-0.2, -0.15) is 0 Å². The number of rotatable bonds is 2. The zero-order valence-electron chi connectivity index (χ0n) is 14.3. The normalized spacial score (nSPS) is 15.3. The number of hydrogen-bond donors (Lipinski definition) is 1. The predicted molar refractivity (Wildman–Crippen MR) is 92.1 cm³/mol. The molecule has 124 valence electrons. The number of anilines is 1. The van der Waals surface area contributed by atoms with Crippen LogP contribution in [0.15, 0.2) is 30.3 Å². The van der Waals surface area contributed by atoms with Crippen LogP contribution in [0.5, 0.6) is 0 Å². The Hall–Kier alpha value is -2.49. The molecule has 0 bridgehead atoms. The van der Waals surface area contributed by atoms with Gasteiger partial charge in [0.15, 0.2) is 5.78 Å². The van der Waals surface area contributed by atoms with E-state index in [4.69, 9.17) is 0 Å². The maximum atomic E-state index is 13.3. The zero-order valence-corrected chi connectivity index (χ0v) is 14.3. The molecule has 2 aromatic rings. The fraction of sp³-hybridized carbons (Fsp3) is 0.300. The molecule has 0 atom stereocenters. The lowest BCUT2D eigenvalue weighted by molar-refractivity contribution is 0.0862. The summed E-state index contributed by atoms with van der Waals surface area (Å²) in [6.07, 6.45) is 0.537. The van der Waals surface area contributed by atoms with Crippen molar-refractivity contribution in [1.82, 2.24) is 0 Å². The number of carbonyl (C=O) groups excluding carboxylic acids is 2. The Labute approximate surface area is 140 Å². The molecule has 1 aliphatic rings. The van der Waals surface area contributed by atoms with Crippen LogP contribution in [0, 0.1) is 25.1 Å². The lowest BCUT2D eigenvalue weighted by atomic mass is 9.88. The van der Waals surface area contributed by atoms with E-state index >= 15 is 0 Å². The summed E-state index contributed by atoms with van der Waals surface area (Å²) in [7, 11) is 0. The second kappa shape index (κ2) is 5.55. The number of benzene rings is 2. The van der Waals surface area contributed by atoms with Crippen molar-refractivity contribution in [2.24, 2.45) is 5.41 Å². The molecule has 0 fully saturated rings. The number of aryl methyl sites for hydroxylation is 2. The van der Waals surface area contributed by atoms with E-state index in [1.807, 2.05) is 33.8 Å². The summed E-state index contributed by atoms with van der Waals surface area (Å²) >= 11 is 0. The van der Waals surface area contributed by atoms with Crippen molar-refractivity contribution >= 4 is 17.4 Å². The second-order valence-corrected chi connectivity index (χ2v) is 7.09. The summed E-state index contributed by atoms with van der Waals surface area (Å²) in [5.74, 6) is -0.635. The summed E-state index contributed by atoms with van der Waals surface area (Å²) in [5.41, 5.74) is 3.61. The third kappa shape index (κ3) is 2.62. The SMILES string of the molecule is Cc1cc(C)c2c(c1C(=O)Nc1cccc(F)c1)CC(C)(C)C2=O. The molecular formula is C20H20FNO2. The summed E-state index contributed by atoms with van der Waals surface area (Å²) in [4.78, 5) is 25.4. The van der Waals surface area contributed by atoms with Gasteiger partial charge in [-0.25, -0.2) is 4.39 Å². The molecule has 0 aromatic heterocycles. The van der Waals surface area contributed by atoms with E-state index in [0.717, 1.165) is 16.7 Å². The topological polar surface area (TPSA) is 46.2 Å². The van der Waals surface area contributed by atoms with Crippen LogP contribution in [0.2, 0.25) is 0 Å². The van der Waals surface area contributed by atoms with Crippen molar-refractivity contribution in [3.05, 3.63) is 64.0 Å². The van der Waals surface area contributed by atoms with Crippen molar-refractivity contribution < 1.29 is 14.0 Å². The molecule has 24 heavy (non-hydrogen) atoms. The molecule has 1 N–H and O–H groups in total. The minimum Gasteiger partial charge on any atom is -0.322 e. The first-order chi connectivity index (χ1) is 11.2. The molecule has 0 saturated heterocycles. The van der Waals surface area contributed by atoms with Gasteiger partial charge in [0.05, 0.1) is 0 Å². The Balaban J connectivity index is 2.07. The highest BCUT2D eigenvalue weighted by Crippen LogP contribution is 2.40. The molecule has 1 amide bonds. The van der Waals surface area contributed by atoms with Crippen LogP contribution < -0.4 is 5.32 Å². The van der Waals surface area contributed by atoms with Gasteiger partial charge in [0, 0.05) is 22.2 Å². The molecule has 3 rings (SSSR count). The fourth-order valence-corrected chi connectivity index (χ4v) is 3.50. The van der Waals surface area contributed by atoms with Gasteiger partial charge in [0.25, 0.3) is 5.91 Å². The van der Waals surface area contributed by atoms with E-state index in [-0.39, 0.29) is 11.7 Å². The number of ketones is 1. The smallest absolute Gasteiger partial charge is 0.256 e. The van der Waals surface area contributed by atoms with Crippen LogP contribution in [-0.4, -0.2) is 11.7 Å². The maximum absolute atomic E-state index is 13.3. The zero-order chi connectivity index (χ0) is 17.6. The van der Waals surface area contributed by atoms with Gasteiger partial charge in [-0.1, -0.05) is 26.0 Å².